The average molecular weight is 289 g/mol. The van der Waals surface area contributed by atoms with E-state index in [0.29, 0.717) is 6.04 Å². The van der Waals surface area contributed by atoms with E-state index in [1.54, 1.807) is 20.4 Å². The minimum atomic E-state index is 0.190. The van der Waals surface area contributed by atoms with Crippen LogP contribution in [0.3, 0.4) is 0 Å². The summed E-state index contributed by atoms with van der Waals surface area (Å²) in [5.74, 6) is 2.47. The van der Waals surface area contributed by atoms with Crippen LogP contribution in [0.4, 0.5) is 0 Å². The highest BCUT2D eigenvalue weighted by Gasteiger charge is 2.13. The van der Waals surface area contributed by atoms with E-state index in [4.69, 9.17) is 9.47 Å². The van der Waals surface area contributed by atoms with Crippen molar-refractivity contribution in [2.24, 2.45) is 0 Å². The molecule has 0 radical (unpaired) electrons. The Morgan fingerprint density at radius 1 is 1.19 bits per heavy atom. The number of imidazole rings is 1. The van der Waals surface area contributed by atoms with Gasteiger partial charge in [-0.3, -0.25) is 0 Å². The van der Waals surface area contributed by atoms with Crippen LogP contribution in [0.15, 0.2) is 30.6 Å². The number of ether oxygens (including phenoxy) is 2. The Balaban J connectivity index is 1.97. The van der Waals surface area contributed by atoms with Crippen LogP contribution in [0.5, 0.6) is 11.5 Å². The Morgan fingerprint density at radius 2 is 1.95 bits per heavy atom. The number of benzene rings is 1. The van der Waals surface area contributed by atoms with E-state index in [0.717, 1.165) is 23.7 Å². The molecule has 114 valence electrons. The molecule has 0 aliphatic carbocycles. The molecule has 0 bridgehead atoms. The van der Waals surface area contributed by atoms with Gasteiger partial charge in [0, 0.05) is 18.4 Å². The molecule has 1 heterocycles. The van der Waals surface area contributed by atoms with Crippen molar-refractivity contribution >= 4 is 0 Å². The summed E-state index contributed by atoms with van der Waals surface area (Å²) in [7, 11) is 3.30. The highest BCUT2D eigenvalue weighted by atomic mass is 16.5. The van der Waals surface area contributed by atoms with Crippen LogP contribution < -0.4 is 14.8 Å². The second kappa shape index (κ2) is 7.13. The molecule has 2 atom stereocenters. The molecule has 1 aromatic heterocycles. The quantitative estimate of drug-likeness (QED) is 0.823. The fourth-order valence-corrected chi connectivity index (χ4v) is 2.44. The van der Waals surface area contributed by atoms with Gasteiger partial charge in [0.25, 0.3) is 0 Å². The first-order valence-corrected chi connectivity index (χ1v) is 7.10. The average Bonchev–Trinajstić information content (AvgIpc) is 3.01. The maximum absolute atomic E-state index is 5.34. The van der Waals surface area contributed by atoms with E-state index >= 15 is 0 Å². The number of rotatable bonds is 7. The third kappa shape index (κ3) is 3.98. The van der Waals surface area contributed by atoms with Crippen molar-refractivity contribution in [2.75, 3.05) is 14.2 Å². The SMILES string of the molecule is COc1ccc(CC(C)NC(C)c2ncc[nH]2)cc1OC. The molecule has 2 N–H and O–H groups in total. The van der Waals surface area contributed by atoms with Gasteiger partial charge in [-0.05, 0) is 38.0 Å². The first kappa shape index (κ1) is 15.4. The topological polar surface area (TPSA) is 59.2 Å². The van der Waals surface area contributed by atoms with Gasteiger partial charge in [-0.15, -0.1) is 0 Å². The largest absolute Gasteiger partial charge is 0.493 e. The molecule has 5 nitrogen and oxygen atoms in total. The van der Waals surface area contributed by atoms with Crippen LogP contribution >= 0.6 is 0 Å². The zero-order valence-electron chi connectivity index (χ0n) is 13.0. The molecule has 1 aromatic carbocycles. The molecule has 0 amide bonds. The number of methoxy groups -OCH3 is 2. The molecule has 2 rings (SSSR count). The van der Waals surface area contributed by atoms with E-state index in [1.165, 1.54) is 5.56 Å². The molecule has 0 spiro atoms. The fraction of sp³-hybridized carbons (Fsp3) is 0.438. The molecule has 0 saturated carbocycles. The lowest BCUT2D eigenvalue weighted by atomic mass is 10.1. The number of aromatic amines is 1. The summed E-state index contributed by atoms with van der Waals surface area (Å²) in [4.78, 5) is 7.40. The van der Waals surface area contributed by atoms with Gasteiger partial charge in [0.2, 0.25) is 0 Å². The molecule has 2 unspecified atom stereocenters. The predicted octanol–water partition coefficient (Wildman–Crippen LogP) is 2.71. The van der Waals surface area contributed by atoms with Crippen molar-refractivity contribution in [1.82, 2.24) is 15.3 Å². The standard InChI is InChI=1S/C16H23N3O2/c1-11(19-12(2)16-17-7-8-18-16)9-13-5-6-14(20-3)15(10-13)21-4/h5-8,10-12,19H,9H2,1-4H3,(H,17,18). The third-order valence-electron chi connectivity index (χ3n) is 3.45. The summed E-state index contributed by atoms with van der Waals surface area (Å²) in [5, 5.41) is 3.53. The summed E-state index contributed by atoms with van der Waals surface area (Å²) in [6.07, 6.45) is 4.52. The lowest BCUT2D eigenvalue weighted by molar-refractivity contribution is 0.354. The molecular formula is C16H23N3O2. The van der Waals surface area contributed by atoms with Crippen molar-refractivity contribution in [3.8, 4) is 11.5 Å². The Bertz CT molecular complexity index is 555. The van der Waals surface area contributed by atoms with Gasteiger partial charge in [-0.1, -0.05) is 6.07 Å². The van der Waals surface area contributed by atoms with Gasteiger partial charge >= 0.3 is 0 Å². The van der Waals surface area contributed by atoms with Crippen LogP contribution in [0.2, 0.25) is 0 Å². The van der Waals surface area contributed by atoms with Gasteiger partial charge in [0.1, 0.15) is 5.82 Å². The zero-order valence-corrected chi connectivity index (χ0v) is 13.0. The van der Waals surface area contributed by atoms with Gasteiger partial charge in [0.15, 0.2) is 11.5 Å². The molecule has 0 aliphatic heterocycles. The van der Waals surface area contributed by atoms with Gasteiger partial charge in [-0.2, -0.15) is 0 Å². The summed E-state index contributed by atoms with van der Waals surface area (Å²) in [5.41, 5.74) is 1.21. The van der Waals surface area contributed by atoms with Crippen LogP contribution in [0.1, 0.15) is 31.3 Å². The van der Waals surface area contributed by atoms with Crippen molar-refractivity contribution < 1.29 is 9.47 Å². The van der Waals surface area contributed by atoms with Crippen LogP contribution in [-0.4, -0.2) is 30.2 Å². The van der Waals surface area contributed by atoms with Gasteiger partial charge in [-0.25, -0.2) is 4.98 Å². The molecule has 0 aliphatic rings. The van der Waals surface area contributed by atoms with Crippen LogP contribution in [0, 0.1) is 0 Å². The van der Waals surface area contributed by atoms with Crippen LogP contribution in [0.25, 0.3) is 0 Å². The normalized spacial score (nSPS) is 13.7. The number of H-pyrrole nitrogens is 1. The van der Waals surface area contributed by atoms with Crippen molar-refractivity contribution in [3.05, 3.63) is 42.0 Å². The fourth-order valence-electron chi connectivity index (χ4n) is 2.44. The van der Waals surface area contributed by atoms with E-state index < -0.39 is 0 Å². The minimum Gasteiger partial charge on any atom is -0.493 e. The lowest BCUT2D eigenvalue weighted by Gasteiger charge is -2.19. The highest BCUT2D eigenvalue weighted by molar-refractivity contribution is 5.43. The van der Waals surface area contributed by atoms with E-state index in [2.05, 4.69) is 35.2 Å². The lowest BCUT2D eigenvalue weighted by Crippen LogP contribution is -2.31. The van der Waals surface area contributed by atoms with E-state index in [-0.39, 0.29) is 6.04 Å². The minimum absolute atomic E-state index is 0.190. The van der Waals surface area contributed by atoms with Crippen molar-refractivity contribution in [3.63, 3.8) is 0 Å². The smallest absolute Gasteiger partial charge is 0.160 e. The summed E-state index contributed by atoms with van der Waals surface area (Å²) < 4.78 is 10.6. The van der Waals surface area contributed by atoms with Crippen molar-refractivity contribution in [1.29, 1.82) is 0 Å². The van der Waals surface area contributed by atoms with Crippen LogP contribution in [-0.2, 0) is 6.42 Å². The Morgan fingerprint density at radius 3 is 2.57 bits per heavy atom. The van der Waals surface area contributed by atoms with Gasteiger partial charge < -0.3 is 19.8 Å². The number of hydrogen-bond acceptors (Lipinski definition) is 4. The first-order valence-electron chi connectivity index (χ1n) is 7.10. The summed E-state index contributed by atoms with van der Waals surface area (Å²) in [6.45, 7) is 4.26. The Kier molecular flexibility index (Phi) is 5.22. The molecule has 0 fully saturated rings. The second-order valence-corrected chi connectivity index (χ2v) is 5.16. The molecule has 0 saturated heterocycles. The van der Waals surface area contributed by atoms with E-state index in [1.807, 2.05) is 18.3 Å². The maximum Gasteiger partial charge on any atom is 0.160 e. The molecule has 2 aromatic rings. The number of hydrogen-bond donors (Lipinski definition) is 2. The highest BCUT2D eigenvalue weighted by Crippen LogP contribution is 2.28. The summed E-state index contributed by atoms with van der Waals surface area (Å²) >= 11 is 0. The Hall–Kier alpha value is -2.01. The second-order valence-electron chi connectivity index (χ2n) is 5.16. The molecule has 21 heavy (non-hydrogen) atoms. The number of nitrogens with zero attached hydrogens (tertiary/aromatic N) is 1. The maximum atomic E-state index is 5.34. The predicted molar refractivity (Wildman–Crippen MR) is 82.9 cm³/mol. The first-order chi connectivity index (χ1) is 10.1. The van der Waals surface area contributed by atoms with Crippen molar-refractivity contribution in [2.45, 2.75) is 32.4 Å². The molecule has 5 heteroatoms. The monoisotopic (exact) mass is 289 g/mol. The Labute approximate surface area is 125 Å². The number of aromatic nitrogens is 2. The third-order valence-corrected chi connectivity index (χ3v) is 3.45. The molecular weight excluding hydrogens is 266 g/mol. The summed E-state index contributed by atoms with van der Waals surface area (Å²) in [6, 6.07) is 6.54. The number of nitrogens with one attached hydrogen (secondary N) is 2. The zero-order chi connectivity index (χ0) is 15.2. The van der Waals surface area contributed by atoms with Gasteiger partial charge in [0.05, 0.1) is 20.3 Å². The van der Waals surface area contributed by atoms with E-state index in [9.17, 15) is 0 Å².